The first kappa shape index (κ1) is 19.7. The van der Waals surface area contributed by atoms with Crippen LogP contribution in [0.25, 0.3) is 6.08 Å². The van der Waals surface area contributed by atoms with Crippen molar-refractivity contribution in [3.63, 3.8) is 0 Å². The molecule has 0 spiro atoms. The van der Waals surface area contributed by atoms with Crippen molar-refractivity contribution in [2.24, 2.45) is 0 Å². The number of amides is 4. The molecule has 26 heavy (non-hydrogen) atoms. The Labute approximate surface area is 155 Å². The lowest BCUT2D eigenvalue weighted by Crippen LogP contribution is -2.40. The molecular formula is C20H27N3O3. The van der Waals surface area contributed by atoms with Gasteiger partial charge in [-0.05, 0) is 12.0 Å². The number of imide groups is 1. The van der Waals surface area contributed by atoms with E-state index in [2.05, 4.69) is 6.92 Å². The fourth-order valence-electron chi connectivity index (χ4n) is 2.92. The molecule has 0 saturated carbocycles. The third-order valence-electron chi connectivity index (χ3n) is 4.61. The van der Waals surface area contributed by atoms with Crippen LogP contribution >= 0.6 is 0 Å². The Bertz CT molecular complexity index is 672. The largest absolute Gasteiger partial charge is 0.339 e. The van der Waals surface area contributed by atoms with Gasteiger partial charge in [0.15, 0.2) is 0 Å². The SMILES string of the molecule is CCCCN(C/C=C/c1ccccc1)C(=O)C[C@@H]1C(=O)N(C)C(=O)N1C. The number of unbranched alkanes of at least 4 members (excludes halogenated alkanes) is 1. The molecule has 6 nitrogen and oxygen atoms in total. The van der Waals surface area contributed by atoms with Gasteiger partial charge in [0.25, 0.3) is 5.91 Å². The minimum Gasteiger partial charge on any atom is -0.339 e. The van der Waals surface area contributed by atoms with Crippen molar-refractivity contribution in [3.05, 3.63) is 42.0 Å². The number of likely N-dealkylation sites (N-methyl/N-ethyl adjacent to an activating group) is 2. The van der Waals surface area contributed by atoms with Crippen molar-refractivity contribution in [2.45, 2.75) is 32.2 Å². The molecule has 1 atom stereocenters. The highest BCUT2D eigenvalue weighted by atomic mass is 16.2. The lowest BCUT2D eigenvalue weighted by atomic mass is 10.1. The zero-order chi connectivity index (χ0) is 19.1. The highest BCUT2D eigenvalue weighted by Crippen LogP contribution is 2.18. The summed E-state index contributed by atoms with van der Waals surface area (Å²) >= 11 is 0. The van der Waals surface area contributed by atoms with E-state index in [4.69, 9.17) is 0 Å². The number of nitrogens with zero attached hydrogens (tertiary/aromatic N) is 3. The van der Waals surface area contributed by atoms with Gasteiger partial charge in [-0.2, -0.15) is 0 Å². The molecule has 2 rings (SSSR count). The Morgan fingerprint density at radius 3 is 2.46 bits per heavy atom. The topological polar surface area (TPSA) is 60.9 Å². The number of carbonyl (C=O) groups excluding carboxylic acids is 3. The van der Waals surface area contributed by atoms with E-state index in [1.807, 2.05) is 42.5 Å². The van der Waals surface area contributed by atoms with E-state index < -0.39 is 6.04 Å². The van der Waals surface area contributed by atoms with Gasteiger partial charge in [0, 0.05) is 27.2 Å². The van der Waals surface area contributed by atoms with Crippen LogP contribution in [0.5, 0.6) is 0 Å². The van der Waals surface area contributed by atoms with Crippen molar-refractivity contribution in [1.29, 1.82) is 0 Å². The molecule has 0 unspecified atom stereocenters. The molecule has 1 aliphatic heterocycles. The molecule has 1 aromatic carbocycles. The third kappa shape index (κ3) is 4.71. The molecule has 140 valence electrons. The molecule has 0 aromatic heterocycles. The van der Waals surface area contributed by atoms with Crippen LogP contribution in [0.2, 0.25) is 0 Å². The molecule has 1 saturated heterocycles. The average Bonchev–Trinajstić information content (AvgIpc) is 2.83. The van der Waals surface area contributed by atoms with Crippen LogP contribution in [0, 0.1) is 0 Å². The van der Waals surface area contributed by atoms with Crippen LogP contribution in [-0.2, 0) is 9.59 Å². The first-order chi connectivity index (χ1) is 12.5. The van der Waals surface area contributed by atoms with E-state index in [0.717, 1.165) is 23.3 Å². The second-order valence-electron chi connectivity index (χ2n) is 6.52. The van der Waals surface area contributed by atoms with Crippen LogP contribution in [0.15, 0.2) is 36.4 Å². The minimum atomic E-state index is -0.706. The molecule has 4 amide bonds. The number of urea groups is 1. The molecule has 0 aliphatic carbocycles. The molecule has 1 heterocycles. The van der Waals surface area contributed by atoms with Crippen molar-refractivity contribution in [3.8, 4) is 0 Å². The van der Waals surface area contributed by atoms with Crippen molar-refractivity contribution in [1.82, 2.24) is 14.7 Å². The van der Waals surface area contributed by atoms with Crippen LogP contribution < -0.4 is 0 Å². The normalized spacial score (nSPS) is 17.4. The summed E-state index contributed by atoms with van der Waals surface area (Å²) in [4.78, 5) is 41.0. The second kappa shape index (κ2) is 9.17. The maximum atomic E-state index is 12.7. The molecule has 1 aliphatic rings. The first-order valence-electron chi connectivity index (χ1n) is 8.99. The Balaban J connectivity index is 2.01. The lowest BCUT2D eigenvalue weighted by molar-refractivity contribution is -0.136. The summed E-state index contributed by atoms with van der Waals surface area (Å²) in [5.74, 6) is -0.425. The maximum absolute atomic E-state index is 12.7. The van der Waals surface area contributed by atoms with Crippen molar-refractivity contribution in [2.75, 3.05) is 27.2 Å². The van der Waals surface area contributed by atoms with Gasteiger partial charge in [-0.15, -0.1) is 0 Å². The Morgan fingerprint density at radius 2 is 1.88 bits per heavy atom. The summed E-state index contributed by atoms with van der Waals surface area (Å²) in [6.45, 7) is 3.20. The van der Waals surface area contributed by atoms with Gasteiger partial charge in [0.1, 0.15) is 6.04 Å². The lowest BCUT2D eigenvalue weighted by Gasteiger charge is -2.24. The fraction of sp³-hybridized carbons (Fsp3) is 0.450. The zero-order valence-corrected chi connectivity index (χ0v) is 15.7. The van der Waals surface area contributed by atoms with Crippen LogP contribution in [0.4, 0.5) is 4.79 Å². The third-order valence-corrected chi connectivity index (χ3v) is 4.61. The smallest absolute Gasteiger partial charge is 0.326 e. The number of hydrogen-bond donors (Lipinski definition) is 0. The van der Waals surface area contributed by atoms with Crippen LogP contribution in [-0.4, -0.2) is 65.8 Å². The maximum Gasteiger partial charge on any atom is 0.326 e. The van der Waals surface area contributed by atoms with Crippen LogP contribution in [0.1, 0.15) is 31.7 Å². The van der Waals surface area contributed by atoms with E-state index in [0.29, 0.717) is 13.1 Å². The predicted molar refractivity (Wildman–Crippen MR) is 101 cm³/mol. The van der Waals surface area contributed by atoms with Crippen molar-refractivity contribution >= 4 is 23.9 Å². The predicted octanol–water partition coefficient (Wildman–Crippen LogP) is 2.61. The van der Waals surface area contributed by atoms with Crippen LogP contribution in [0.3, 0.4) is 0 Å². The van der Waals surface area contributed by atoms with Gasteiger partial charge in [-0.25, -0.2) is 4.79 Å². The Morgan fingerprint density at radius 1 is 1.19 bits per heavy atom. The number of carbonyl (C=O) groups is 3. The number of hydrogen-bond acceptors (Lipinski definition) is 3. The quantitative estimate of drug-likeness (QED) is 0.672. The molecule has 1 fully saturated rings. The summed E-state index contributed by atoms with van der Waals surface area (Å²) < 4.78 is 0. The molecule has 0 N–H and O–H groups in total. The Kier molecular flexibility index (Phi) is 6.95. The van der Waals surface area contributed by atoms with E-state index in [1.54, 1.807) is 11.9 Å². The van der Waals surface area contributed by atoms with Gasteiger partial charge in [0.05, 0.1) is 6.42 Å². The summed E-state index contributed by atoms with van der Waals surface area (Å²) in [5, 5.41) is 0. The average molecular weight is 357 g/mol. The van der Waals surface area contributed by atoms with Gasteiger partial charge < -0.3 is 9.80 Å². The summed E-state index contributed by atoms with van der Waals surface area (Å²) in [6, 6.07) is 8.83. The van der Waals surface area contributed by atoms with E-state index >= 15 is 0 Å². The highest BCUT2D eigenvalue weighted by molar-refractivity contribution is 6.05. The standard InChI is InChI=1S/C20H27N3O3/c1-4-5-13-23(14-9-12-16-10-7-6-8-11-16)18(24)15-17-19(25)22(3)20(26)21(17)2/h6-12,17H,4-5,13-15H2,1-3H3/b12-9+/t17-/m1/s1. The van der Waals surface area contributed by atoms with Gasteiger partial charge >= 0.3 is 6.03 Å². The molecule has 6 heteroatoms. The van der Waals surface area contributed by atoms with E-state index in [9.17, 15) is 14.4 Å². The Hall–Kier alpha value is -2.63. The summed E-state index contributed by atoms with van der Waals surface area (Å²) in [5.41, 5.74) is 1.08. The zero-order valence-electron chi connectivity index (χ0n) is 15.7. The minimum absolute atomic E-state index is 0.0221. The van der Waals surface area contributed by atoms with E-state index in [1.165, 1.54) is 11.9 Å². The second-order valence-corrected chi connectivity index (χ2v) is 6.52. The monoisotopic (exact) mass is 357 g/mol. The van der Waals surface area contributed by atoms with Crippen molar-refractivity contribution < 1.29 is 14.4 Å². The first-order valence-corrected chi connectivity index (χ1v) is 8.99. The van der Waals surface area contributed by atoms with E-state index in [-0.39, 0.29) is 24.3 Å². The molecule has 0 bridgehead atoms. The summed E-state index contributed by atoms with van der Waals surface area (Å²) in [7, 11) is 3.01. The van der Waals surface area contributed by atoms with Gasteiger partial charge in [-0.3, -0.25) is 14.5 Å². The number of benzene rings is 1. The molecule has 0 radical (unpaired) electrons. The molecular weight excluding hydrogens is 330 g/mol. The van der Waals surface area contributed by atoms with Gasteiger partial charge in [-0.1, -0.05) is 55.8 Å². The van der Waals surface area contributed by atoms with Gasteiger partial charge in [0.2, 0.25) is 5.91 Å². The number of rotatable bonds is 8. The summed E-state index contributed by atoms with van der Waals surface area (Å²) in [6.07, 6.45) is 5.85. The fourth-order valence-corrected chi connectivity index (χ4v) is 2.92. The molecule has 1 aromatic rings. The highest BCUT2D eigenvalue weighted by Gasteiger charge is 2.42.